The molecule has 3 atom stereocenters. The topological polar surface area (TPSA) is 96.3 Å². The molecular weight excluding hydrogens is 421 g/mol. The highest BCUT2D eigenvalue weighted by atomic mass is 32.2. The van der Waals surface area contributed by atoms with Crippen molar-refractivity contribution in [3.8, 4) is 6.07 Å². The molecule has 1 aromatic rings. The van der Waals surface area contributed by atoms with Crippen LogP contribution in [-0.4, -0.2) is 37.8 Å². The van der Waals surface area contributed by atoms with Gasteiger partial charge in [-0.2, -0.15) is 18.4 Å². The molecule has 2 aliphatic carbocycles. The monoisotopic (exact) mass is 444 g/mol. The number of rotatable bonds is 7. The predicted molar refractivity (Wildman–Crippen MR) is 101 cm³/mol. The van der Waals surface area contributed by atoms with Gasteiger partial charge in [-0.25, -0.2) is 8.42 Å². The van der Waals surface area contributed by atoms with Crippen molar-refractivity contribution in [3.05, 3.63) is 29.8 Å². The number of ether oxygens (including phenoxy) is 1. The minimum Gasteiger partial charge on any atom is -0.377 e. The van der Waals surface area contributed by atoms with Crippen LogP contribution in [0.1, 0.15) is 44.6 Å². The van der Waals surface area contributed by atoms with E-state index in [1.54, 1.807) is 0 Å². The fourth-order valence-corrected chi connectivity index (χ4v) is 5.81. The minimum absolute atomic E-state index is 0.0772. The molecule has 2 fully saturated rings. The average Bonchev–Trinajstić information content (AvgIpc) is 3.33. The van der Waals surface area contributed by atoms with E-state index in [9.17, 15) is 31.6 Å². The van der Waals surface area contributed by atoms with Crippen LogP contribution in [0.2, 0.25) is 0 Å². The molecule has 30 heavy (non-hydrogen) atoms. The Balaban J connectivity index is 1.88. The Morgan fingerprint density at radius 3 is 2.53 bits per heavy atom. The van der Waals surface area contributed by atoms with E-state index in [4.69, 9.17) is 4.74 Å². The highest BCUT2D eigenvalue weighted by Crippen LogP contribution is 2.41. The van der Waals surface area contributed by atoms with Gasteiger partial charge in [-0.1, -0.05) is 19.1 Å². The summed E-state index contributed by atoms with van der Waals surface area (Å²) in [4.78, 5) is 12.0. The molecule has 6 nitrogen and oxygen atoms in total. The fraction of sp³-hybridized carbons (Fsp3) is 0.600. The average molecular weight is 444 g/mol. The first kappa shape index (κ1) is 22.6. The Labute approximate surface area is 173 Å². The van der Waals surface area contributed by atoms with E-state index in [-0.39, 0.29) is 12.8 Å². The molecule has 10 heteroatoms. The number of hydrogen-bond acceptors (Lipinski definition) is 5. The number of amides is 1. The van der Waals surface area contributed by atoms with Gasteiger partial charge >= 0.3 is 6.18 Å². The third-order valence-corrected chi connectivity index (χ3v) is 7.83. The first-order chi connectivity index (χ1) is 14.0. The number of halogens is 3. The summed E-state index contributed by atoms with van der Waals surface area (Å²) in [6.07, 6.45) is -4.12. The zero-order valence-electron chi connectivity index (χ0n) is 16.4. The van der Waals surface area contributed by atoms with Gasteiger partial charge in [-0.15, -0.1) is 0 Å². The van der Waals surface area contributed by atoms with E-state index in [0.717, 1.165) is 18.2 Å². The zero-order valence-corrected chi connectivity index (χ0v) is 17.2. The van der Waals surface area contributed by atoms with Crippen molar-refractivity contribution >= 4 is 15.7 Å². The van der Waals surface area contributed by atoms with Gasteiger partial charge in [0.15, 0.2) is 9.84 Å². The molecule has 0 radical (unpaired) electrons. The molecule has 0 unspecified atom stereocenters. The maximum absolute atomic E-state index is 13.4. The van der Waals surface area contributed by atoms with Crippen LogP contribution in [0.5, 0.6) is 0 Å². The molecule has 1 amide bonds. The van der Waals surface area contributed by atoms with Gasteiger partial charge in [0.1, 0.15) is 5.54 Å². The molecule has 0 aliphatic heterocycles. The van der Waals surface area contributed by atoms with Gasteiger partial charge in [0.05, 0.1) is 33.8 Å². The highest BCUT2D eigenvalue weighted by Gasteiger charge is 2.51. The van der Waals surface area contributed by atoms with E-state index in [1.165, 1.54) is 6.07 Å². The molecule has 0 bridgehead atoms. The lowest BCUT2D eigenvalue weighted by Crippen LogP contribution is -2.42. The Bertz CT molecular complexity index is 952. The molecule has 2 saturated carbocycles. The van der Waals surface area contributed by atoms with Crippen LogP contribution in [0.25, 0.3) is 0 Å². The van der Waals surface area contributed by atoms with Gasteiger partial charge in [-0.3, -0.25) is 4.79 Å². The van der Waals surface area contributed by atoms with Gasteiger partial charge < -0.3 is 10.1 Å². The smallest absolute Gasteiger partial charge is 0.377 e. The molecular formula is C20H23F3N2O4S. The number of carbonyl (C=O) groups excluding carboxylic acids is 1. The van der Waals surface area contributed by atoms with Crippen molar-refractivity contribution in [3.63, 3.8) is 0 Å². The summed E-state index contributed by atoms with van der Waals surface area (Å²) in [5, 5.41) is 10.7. The molecule has 2 aliphatic rings. The van der Waals surface area contributed by atoms with Crippen molar-refractivity contribution < 1.29 is 31.1 Å². The SMILES string of the molecule is CCCO[C@@H]1C[C@H](S(=O)(=O)c2ccccc2C(F)(F)F)C[C@H]1C(=O)NC1(C#N)CC1. The van der Waals surface area contributed by atoms with Crippen molar-refractivity contribution in [2.24, 2.45) is 5.92 Å². The Morgan fingerprint density at radius 2 is 1.97 bits per heavy atom. The van der Waals surface area contributed by atoms with Gasteiger partial charge in [-0.05, 0) is 44.2 Å². The molecule has 1 aromatic carbocycles. The van der Waals surface area contributed by atoms with Crippen LogP contribution >= 0.6 is 0 Å². The van der Waals surface area contributed by atoms with Gasteiger partial charge in [0.2, 0.25) is 5.91 Å². The molecule has 0 aromatic heterocycles. The first-order valence-electron chi connectivity index (χ1n) is 9.79. The van der Waals surface area contributed by atoms with E-state index >= 15 is 0 Å². The van der Waals surface area contributed by atoms with Crippen LogP contribution in [0.4, 0.5) is 13.2 Å². The number of benzene rings is 1. The minimum atomic E-state index is -4.82. The number of nitrogens with one attached hydrogen (secondary N) is 1. The standard InChI is InChI=1S/C20H23F3N2O4S/c1-2-9-29-16-11-13(10-14(16)18(26)25-19(12-24)7-8-19)30(27,28)17-6-4-3-5-15(17)20(21,22)23/h3-6,13-14,16H,2,7-11H2,1H3,(H,25,26)/t13-,14-,16-/m1/s1. The number of hydrogen-bond donors (Lipinski definition) is 1. The van der Waals surface area contributed by atoms with E-state index < -0.39 is 55.2 Å². The Kier molecular flexibility index (Phi) is 6.16. The summed E-state index contributed by atoms with van der Waals surface area (Å²) in [5.74, 6) is -1.34. The van der Waals surface area contributed by atoms with Gasteiger partial charge in [0, 0.05) is 6.61 Å². The van der Waals surface area contributed by atoms with Crippen LogP contribution in [0.3, 0.4) is 0 Å². The summed E-state index contributed by atoms with van der Waals surface area (Å²) < 4.78 is 72.0. The van der Waals surface area contributed by atoms with Crippen LogP contribution in [-0.2, 0) is 25.5 Å². The molecule has 3 rings (SSSR count). The predicted octanol–water partition coefficient (Wildman–Crippen LogP) is 3.23. The summed E-state index contributed by atoms with van der Waals surface area (Å²) in [5.41, 5.74) is -2.14. The first-order valence-corrected chi connectivity index (χ1v) is 11.3. The lowest BCUT2D eigenvalue weighted by atomic mass is 10.0. The second-order valence-electron chi connectivity index (χ2n) is 7.83. The van der Waals surface area contributed by atoms with Crippen LogP contribution in [0, 0.1) is 17.2 Å². The highest BCUT2D eigenvalue weighted by molar-refractivity contribution is 7.92. The second kappa shape index (κ2) is 8.19. The maximum Gasteiger partial charge on any atom is 0.417 e. The summed E-state index contributed by atoms with van der Waals surface area (Å²) in [7, 11) is -4.36. The third-order valence-electron chi connectivity index (χ3n) is 5.60. The lowest BCUT2D eigenvalue weighted by molar-refractivity contribution is -0.140. The molecule has 1 N–H and O–H groups in total. The number of nitrogens with zero attached hydrogens (tertiary/aromatic N) is 1. The number of nitriles is 1. The lowest BCUT2D eigenvalue weighted by Gasteiger charge is -2.20. The number of alkyl halides is 3. The third kappa shape index (κ3) is 4.47. The summed E-state index contributed by atoms with van der Waals surface area (Å²) in [6, 6.07) is 6.11. The van der Waals surface area contributed by atoms with E-state index in [1.807, 2.05) is 13.0 Å². The Hall–Kier alpha value is -2.12. The quantitative estimate of drug-likeness (QED) is 0.697. The van der Waals surface area contributed by atoms with Crippen molar-refractivity contribution in [1.82, 2.24) is 5.32 Å². The summed E-state index contributed by atoms with van der Waals surface area (Å²) >= 11 is 0. The van der Waals surface area contributed by atoms with Gasteiger partial charge in [0.25, 0.3) is 0 Å². The zero-order chi connectivity index (χ0) is 22.2. The molecule has 0 heterocycles. The van der Waals surface area contributed by atoms with Crippen molar-refractivity contribution in [2.45, 2.75) is 67.0 Å². The van der Waals surface area contributed by atoms with Crippen LogP contribution < -0.4 is 5.32 Å². The van der Waals surface area contributed by atoms with E-state index in [2.05, 4.69) is 5.32 Å². The summed E-state index contributed by atoms with van der Waals surface area (Å²) in [6.45, 7) is 2.15. The normalized spacial score (nSPS) is 25.5. The second-order valence-corrected chi connectivity index (χ2v) is 10.0. The largest absolute Gasteiger partial charge is 0.417 e. The molecule has 0 saturated heterocycles. The maximum atomic E-state index is 13.4. The fourth-order valence-electron chi connectivity index (χ4n) is 3.78. The van der Waals surface area contributed by atoms with Crippen molar-refractivity contribution in [2.75, 3.05) is 6.61 Å². The van der Waals surface area contributed by atoms with E-state index in [0.29, 0.717) is 25.9 Å². The Morgan fingerprint density at radius 1 is 1.30 bits per heavy atom. The molecule has 0 spiro atoms. The number of sulfone groups is 1. The molecule has 164 valence electrons. The van der Waals surface area contributed by atoms with Crippen molar-refractivity contribution in [1.29, 1.82) is 5.26 Å². The number of carbonyl (C=O) groups is 1. The van der Waals surface area contributed by atoms with Crippen LogP contribution in [0.15, 0.2) is 29.2 Å².